The van der Waals surface area contributed by atoms with Gasteiger partial charge in [-0.3, -0.25) is 14.8 Å². The Morgan fingerprint density at radius 3 is 2.40 bits per heavy atom. The summed E-state index contributed by atoms with van der Waals surface area (Å²) in [5.41, 5.74) is 0.451. The lowest BCUT2D eigenvalue weighted by Gasteiger charge is -2.49. The molecule has 0 saturated carbocycles. The van der Waals surface area contributed by atoms with Gasteiger partial charge in [0.2, 0.25) is 15.9 Å². The summed E-state index contributed by atoms with van der Waals surface area (Å²) in [5, 5.41) is 9.22. The normalized spacial score (nSPS) is 19.8. The Balaban J connectivity index is 2.45. The number of unbranched alkanes of at least 4 members (excludes halogenated alkanes) is 1. The molecule has 2 amide bonds. The molecule has 1 heterocycles. The van der Waals surface area contributed by atoms with Gasteiger partial charge in [-0.15, -0.1) is 0 Å². The van der Waals surface area contributed by atoms with Crippen molar-refractivity contribution in [1.82, 2.24) is 14.7 Å². The number of carbonyl (C=O) groups excluding carboxylic acids is 2. The lowest BCUT2D eigenvalue weighted by atomic mass is 9.88. The van der Waals surface area contributed by atoms with Gasteiger partial charge in [-0.05, 0) is 58.4 Å². The van der Waals surface area contributed by atoms with Crippen molar-refractivity contribution in [3.63, 3.8) is 0 Å². The first-order chi connectivity index (χ1) is 14.0. The molecule has 0 spiro atoms. The van der Waals surface area contributed by atoms with Crippen molar-refractivity contribution in [2.45, 2.75) is 64.6 Å². The number of hydroxylamine groups is 1. The monoisotopic (exact) mass is 441 g/mol. The summed E-state index contributed by atoms with van der Waals surface area (Å²) >= 11 is 0. The molecule has 1 saturated heterocycles. The summed E-state index contributed by atoms with van der Waals surface area (Å²) < 4.78 is 33.4. The van der Waals surface area contributed by atoms with Crippen LogP contribution in [-0.4, -0.2) is 60.0 Å². The van der Waals surface area contributed by atoms with Crippen molar-refractivity contribution in [1.29, 1.82) is 0 Å². The fourth-order valence-electron chi connectivity index (χ4n) is 3.37. The Morgan fingerprint density at radius 2 is 1.90 bits per heavy atom. The lowest BCUT2D eigenvalue weighted by Crippen LogP contribution is -2.69. The molecule has 0 aliphatic carbocycles. The van der Waals surface area contributed by atoms with E-state index in [2.05, 4.69) is 0 Å². The van der Waals surface area contributed by atoms with Crippen LogP contribution in [0.1, 0.15) is 47.5 Å². The first-order valence-electron chi connectivity index (χ1n) is 9.98. The predicted molar refractivity (Wildman–Crippen MR) is 110 cm³/mol. The molecule has 1 fully saturated rings. The highest BCUT2D eigenvalue weighted by Gasteiger charge is 2.53. The molecule has 168 valence electrons. The Morgan fingerprint density at radius 1 is 1.30 bits per heavy atom. The van der Waals surface area contributed by atoms with Crippen LogP contribution < -0.4 is 10.2 Å². The second-order valence-electron chi connectivity index (χ2n) is 8.26. The molecule has 1 aliphatic heterocycles. The van der Waals surface area contributed by atoms with Crippen molar-refractivity contribution in [3.8, 4) is 5.75 Å². The number of carbonyl (C=O) groups is 2. The zero-order valence-corrected chi connectivity index (χ0v) is 18.9. The standard InChI is InChI=1S/C20H31N3O6S/c1-6-7-12-29-15-8-10-16(11-9-15)30(27,28)22-13-20(4,5)19(25)23(14(2)3)18(22)17(24)21-26/h8-11,14,18,26H,6-7,12-13H2,1-5H3,(H,21,24). The fourth-order valence-corrected chi connectivity index (χ4v) is 5.07. The Hall–Kier alpha value is -2.17. The van der Waals surface area contributed by atoms with Crippen molar-refractivity contribution in [3.05, 3.63) is 24.3 Å². The van der Waals surface area contributed by atoms with Gasteiger partial charge in [0, 0.05) is 12.6 Å². The third-order valence-electron chi connectivity index (χ3n) is 5.00. The summed E-state index contributed by atoms with van der Waals surface area (Å²) in [5.74, 6) is -0.808. The zero-order valence-electron chi connectivity index (χ0n) is 18.1. The molecule has 2 N–H and O–H groups in total. The molecular weight excluding hydrogens is 410 g/mol. The van der Waals surface area contributed by atoms with Gasteiger partial charge in [-0.1, -0.05) is 13.3 Å². The van der Waals surface area contributed by atoms with Gasteiger partial charge in [-0.2, -0.15) is 4.31 Å². The van der Waals surface area contributed by atoms with E-state index in [0.29, 0.717) is 12.4 Å². The first-order valence-corrected chi connectivity index (χ1v) is 11.4. The molecule has 0 radical (unpaired) electrons. The smallest absolute Gasteiger partial charge is 0.282 e. The molecule has 1 aromatic carbocycles. The number of nitrogens with zero attached hydrogens (tertiary/aromatic N) is 2. The van der Waals surface area contributed by atoms with E-state index >= 15 is 0 Å². The molecule has 0 aromatic heterocycles. The lowest BCUT2D eigenvalue weighted by molar-refractivity contribution is -0.165. The summed E-state index contributed by atoms with van der Waals surface area (Å²) in [7, 11) is -4.16. The number of benzene rings is 1. The quantitative estimate of drug-likeness (QED) is 0.362. The highest BCUT2D eigenvalue weighted by atomic mass is 32.2. The number of hydrogen-bond acceptors (Lipinski definition) is 6. The topological polar surface area (TPSA) is 116 Å². The number of hydrogen-bond donors (Lipinski definition) is 2. The second kappa shape index (κ2) is 9.32. The maximum Gasteiger partial charge on any atom is 0.282 e. The number of amides is 2. The first kappa shape index (κ1) is 24.1. The Bertz CT molecular complexity index is 867. The molecule has 2 rings (SSSR count). The maximum absolute atomic E-state index is 13.4. The van der Waals surface area contributed by atoms with Crippen LogP contribution >= 0.6 is 0 Å². The van der Waals surface area contributed by atoms with Gasteiger partial charge in [0.15, 0.2) is 6.17 Å². The second-order valence-corrected chi connectivity index (χ2v) is 10.2. The van der Waals surface area contributed by atoms with Crippen LogP contribution in [0.2, 0.25) is 0 Å². The van der Waals surface area contributed by atoms with Crippen molar-refractivity contribution in [2.75, 3.05) is 13.2 Å². The third-order valence-corrected chi connectivity index (χ3v) is 6.81. The minimum Gasteiger partial charge on any atom is -0.494 e. The fraction of sp³-hybridized carbons (Fsp3) is 0.600. The van der Waals surface area contributed by atoms with Crippen LogP contribution in [0.25, 0.3) is 0 Å². The number of ether oxygens (including phenoxy) is 1. The van der Waals surface area contributed by atoms with E-state index in [1.54, 1.807) is 39.8 Å². The van der Waals surface area contributed by atoms with E-state index < -0.39 is 33.6 Å². The Labute approximate surface area is 178 Å². The molecule has 0 bridgehead atoms. The van der Waals surface area contributed by atoms with Crippen LogP contribution in [0.4, 0.5) is 0 Å². The van der Waals surface area contributed by atoms with Crippen LogP contribution in [0.15, 0.2) is 29.2 Å². The zero-order chi connectivity index (χ0) is 22.7. The van der Waals surface area contributed by atoms with Crippen molar-refractivity contribution >= 4 is 21.8 Å². The highest BCUT2D eigenvalue weighted by molar-refractivity contribution is 7.89. The van der Waals surface area contributed by atoms with E-state index in [1.807, 2.05) is 6.92 Å². The molecule has 1 aliphatic rings. The van der Waals surface area contributed by atoms with Crippen molar-refractivity contribution < 1.29 is 28.0 Å². The number of sulfonamides is 1. The summed E-state index contributed by atoms with van der Waals surface area (Å²) in [6, 6.07) is 5.47. The van der Waals surface area contributed by atoms with Gasteiger partial charge in [-0.25, -0.2) is 13.9 Å². The molecule has 10 heteroatoms. The number of nitrogens with one attached hydrogen (secondary N) is 1. The van der Waals surface area contributed by atoms with Crippen LogP contribution in [-0.2, 0) is 19.6 Å². The minimum atomic E-state index is -4.16. The largest absolute Gasteiger partial charge is 0.494 e. The highest BCUT2D eigenvalue weighted by Crippen LogP contribution is 2.35. The van der Waals surface area contributed by atoms with Gasteiger partial charge >= 0.3 is 0 Å². The molecular formula is C20H31N3O6S. The van der Waals surface area contributed by atoms with Crippen molar-refractivity contribution in [2.24, 2.45) is 5.41 Å². The van der Waals surface area contributed by atoms with Crippen LogP contribution in [0.5, 0.6) is 5.75 Å². The molecule has 9 nitrogen and oxygen atoms in total. The number of rotatable bonds is 8. The maximum atomic E-state index is 13.4. The average molecular weight is 442 g/mol. The third kappa shape index (κ3) is 4.76. The van der Waals surface area contributed by atoms with Crippen LogP contribution in [0, 0.1) is 5.41 Å². The molecule has 1 atom stereocenters. The SMILES string of the molecule is CCCCOc1ccc(S(=O)(=O)N2CC(C)(C)C(=O)N(C(C)C)C2C(=O)NO)cc1. The predicted octanol–water partition coefficient (Wildman–Crippen LogP) is 1.96. The molecule has 30 heavy (non-hydrogen) atoms. The summed E-state index contributed by atoms with van der Waals surface area (Å²) in [4.78, 5) is 26.5. The minimum absolute atomic E-state index is 0.0325. The van der Waals surface area contributed by atoms with Gasteiger partial charge in [0.25, 0.3) is 5.91 Å². The van der Waals surface area contributed by atoms with Crippen LogP contribution in [0.3, 0.4) is 0 Å². The molecule has 1 aromatic rings. The van der Waals surface area contributed by atoms with E-state index in [4.69, 9.17) is 4.74 Å². The summed E-state index contributed by atoms with van der Waals surface area (Å²) in [6.07, 6.45) is 0.372. The van der Waals surface area contributed by atoms with E-state index in [1.165, 1.54) is 22.5 Å². The van der Waals surface area contributed by atoms with Gasteiger partial charge in [0.05, 0.1) is 16.9 Å². The van der Waals surface area contributed by atoms with Gasteiger partial charge < -0.3 is 9.64 Å². The van der Waals surface area contributed by atoms with Gasteiger partial charge in [0.1, 0.15) is 5.75 Å². The molecule has 1 unspecified atom stereocenters. The summed E-state index contributed by atoms with van der Waals surface area (Å²) in [6.45, 7) is 9.00. The van der Waals surface area contributed by atoms with E-state index in [0.717, 1.165) is 17.1 Å². The van der Waals surface area contributed by atoms with E-state index in [-0.39, 0.29) is 17.3 Å². The Kier molecular flexibility index (Phi) is 7.49. The average Bonchev–Trinajstić information content (AvgIpc) is 2.69. The van der Waals surface area contributed by atoms with E-state index in [9.17, 15) is 23.2 Å².